The van der Waals surface area contributed by atoms with Crippen LogP contribution in [-0.2, 0) is 19.5 Å². The number of fused-ring (bicyclic) bond motifs is 1. The molecule has 0 radical (unpaired) electrons. The normalized spacial score (nSPS) is 14.3. The number of nitrogen functional groups attached to an aromatic ring is 1. The van der Waals surface area contributed by atoms with Crippen LogP contribution in [0.4, 0.5) is 5.13 Å². The van der Waals surface area contributed by atoms with Crippen molar-refractivity contribution >= 4 is 28.9 Å². The lowest BCUT2D eigenvalue weighted by molar-refractivity contribution is 0.245. The standard InChI is InChI=1S/C16H17N5S.ClH/c17-16-18-9-14(22-16)11-20-7-6-15-12(10-20)8-19-21(15)13-4-2-1-3-5-13;/h1-5,8-9H,6-7,10-11H2,(H2,17,18);1H. The summed E-state index contributed by atoms with van der Waals surface area (Å²) in [5.41, 5.74) is 9.47. The molecule has 0 spiro atoms. The monoisotopic (exact) mass is 347 g/mol. The molecule has 120 valence electrons. The molecule has 1 aliphatic heterocycles. The van der Waals surface area contributed by atoms with Gasteiger partial charge in [0, 0.05) is 48.4 Å². The highest BCUT2D eigenvalue weighted by Gasteiger charge is 2.21. The van der Waals surface area contributed by atoms with Crippen molar-refractivity contribution in [3.05, 3.63) is 58.9 Å². The molecule has 1 aliphatic rings. The molecule has 7 heteroatoms. The van der Waals surface area contributed by atoms with Crippen LogP contribution in [0.15, 0.2) is 42.7 Å². The molecule has 0 aliphatic carbocycles. The van der Waals surface area contributed by atoms with E-state index in [2.05, 4.69) is 31.8 Å². The van der Waals surface area contributed by atoms with Crippen molar-refractivity contribution in [1.29, 1.82) is 0 Å². The molecule has 0 saturated carbocycles. The number of benzene rings is 1. The van der Waals surface area contributed by atoms with Gasteiger partial charge in [-0.1, -0.05) is 18.2 Å². The summed E-state index contributed by atoms with van der Waals surface area (Å²) < 4.78 is 2.07. The fourth-order valence-corrected chi connectivity index (χ4v) is 3.66. The van der Waals surface area contributed by atoms with Gasteiger partial charge in [-0.15, -0.1) is 23.7 Å². The van der Waals surface area contributed by atoms with E-state index in [0.29, 0.717) is 5.13 Å². The van der Waals surface area contributed by atoms with E-state index < -0.39 is 0 Å². The average Bonchev–Trinajstić information content (AvgIpc) is 3.14. The summed E-state index contributed by atoms with van der Waals surface area (Å²) in [6.45, 7) is 2.87. The molecule has 5 nitrogen and oxygen atoms in total. The molecular formula is C16H18ClN5S. The summed E-state index contributed by atoms with van der Waals surface area (Å²) in [4.78, 5) is 7.77. The summed E-state index contributed by atoms with van der Waals surface area (Å²) in [5.74, 6) is 0. The van der Waals surface area contributed by atoms with Crippen LogP contribution in [0.1, 0.15) is 16.1 Å². The van der Waals surface area contributed by atoms with Crippen LogP contribution < -0.4 is 5.73 Å². The van der Waals surface area contributed by atoms with Crippen LogP contribution in [0.5, 0.6) is 0 Å². The minimum atomic E-state index is 0. The second-order valence-corrected chi connectivity index (χ2v) is 6.64. The van der Waals surface area contributed by atoms with E-state index in [1.54, 1.807) is 11.3 Å². The SMILES string of the molecule is Cl.Nc1ncc(CN2CCc3c(cnn3-c3ccccc3)C2)s1. The van der Waals surface area contributed by atoms with Gasteiger partial charge in [0.1, 0.15) is 0 Å². The molecule has 0 fully saturated rings. The second-order valence-electron chi connectivity index (χ2n) is 5.49. The third kappa shape index (κ3) is 3.24. The Morgan fingerprint density at radius 3 is 2.74 bits per heavy atom. The van der Waals surface area contributed by atoms with Crippen molar-refractivity contribution in [1.82, 2.24) is 19.7 Å². The first-order chi connectivity index (χ1) is 10.8. The Labute approximate surface area is 145 Å². The van der Waals surface area contributed by atoms with Crippen molar-refractivity contribution in [2.75, 3.05) is 12.3 Å². The summed E-state index contributed by atoms with van der Waals surface area (Å²) in [7, 11) is 0. The number of aromatic nitrogens is 3. The van der Waals surface area contributed by atoms with Gasteiger partial charge in [0.25, 0.3) is 0 Å². The zero-order valence-electron chi connectivity index (χ0n) is 12.6. The van der Waals surface area contributed by atoms with Crippen LogP contribution in [-0.4, -0.2) is 26.2 Å². The highest BCUT2D eigenvalue weighted by atomic mass is 35.5. The lowest BCUT2D eigenvalue weighted by atomic mass is 10.1. The fraction of sp³-hybridized carbons (Fsp3) is 0.250. The number of hydrogen-bond acceptors (Lipinski definition) is 5. The highest BCUT2D eigenvalue weighted by Crippen LogP contribution is 2.24. The molecule has 0 unspecified atom stereocenters. The topological polar surface area (TPSA) is 60.0 Å². The van der Waals surface area contributed by atoms with Crippen molar-refractivity contribution < 1.29 is 0 Å². The third-order valence-electron chi connectivity index (χ3n) is 3.97. The molecule has 23 heavy (non-hydrogen) atoms. The fourth-order valence-electron chi connectivity index (χ4n) is 2.93. The van der Waals surface area contributed by atoms with Gasteiger partial charge in [0.2, 0.25) is 0 Å². The summed E-state index contributed by atoms with van der Waals surface area (Å²) >= 11 is 1.57. The van der Waals surface area contributed by atoms with E-state index in [9.17, 15) is 0 Å². The lowest BCUT2D eigenvalue weighted by Gasteiger charge is -2.26. The molecule has 0 saturated heterocycles. The number of rotatable bonds is 3. The summed E-state index contributed by atoms with van der Waals surface area (Å²) in [6.07, 6.45) is 4.89. The quantitative estimate of drug-likeness (QED) is 0.791. The van der Waals surface area contributed by atoms with Crippen molar-refractivity contribution in [2.45, 2.75) is 19.5 Å². The van der Waals surface area contributed by atoms with Gasteiger partial charge in [-0.05, 0) is 12.1 Å². The van der Waals surface area contributed by atoms with E-state index in [4.69, 9.17) is 5.73 Å². The average molecular weight is 348 g/mol. The minimum Gasteiger partial charge on any atom is -0.375 e. The van der Waals surface area contributed by atoms with Crippen LogP contribution in [0, 0.1) is 0 Å². The van der Waals surface area contributed by atoms with Crippen molar-refractivity contribution in [3.8, 4) is 5.69 Å². The molecule has 0 bridgehead atoms. The van der Waals surface area contributed by atoms with Crippen molar-refractivity contribution in [3.63, 3.8) is 0 Å². The molecular weight excluding hydrogens is 330 g/mol. The minimum absolute atomic E-state index is 0. The highest BCUT2D eigenvalue weighted by molar-refractivity contribution is 7.15. The first-order valence-electron chi connectivity index (χ1n) is 7.33. The molecule has 1 aromatic carbocycles. The van der Waals surface area contributed by atoms with E-state index in [0.717, 1.165) is 31.7 Å². The molecule has 2 aromatic heterocycles. The maximum absolute atomic E-state index is 5.70. The smallest absolute Gasteiger partial charge is 0.180 e. The maximum atomic E-state index is 5.70. The van der Waals surface area contributed by atoms with Crippen LogP contribution in [0.2, 0.25) is 0 Å². The van der Waals surface area contributed by atoms with Gasteiger partial charge >= 0.3 is 0 Å². The summed E-state index contributed by atoms with van der Waals surface area (Å²) in [6, 6.07) is 10.3. The lowest BCUT2D eigenvalue weighted by Crippen LogP contribution is -2.30. The molecule has 0 atom stereocenters. The zero-order valence-corrected chi connectivity index (χ0v) is 14.2. The van der Waals surface area contributed by atoms with Gasteiger partial charge in [-0.25, -0.2) is 9.67 Å². The Morgan fingerprint density at radius 2 is 2.00 bits per heavy atom. The molecule has 3 aromatic rings. The Hall–Kier alpha value is -1.89. The van der Waals surface area contributed by atoms with E-state index in [1.165, 1.54) is 16.1 Å². The maximum Gasteiger partial charge on any atom is 0.180 e. The van der Waals surface area contributed by atoms with Gasteiger partial charge in [-0.2, -0.15) is 5.10 Å². The Balaban J connectivity index is 0.00000156. The number of anilines is 1. The van der Waals surface area contributed by atoms with Gasteiger partial charge < -0.3 is 5.73 Å². The Kier molecular flexibility index (Phi) is 4.66. The van der Waals surface area contributed by atoms with E-state index in [-0.39, 0.29) is 12.4 Å². The molecule has 4 rings (SSSR count). The van der Waals surface area contributed by atoms with E-state index in [1.807, 2.05) is 30.6 Å². The van der Waals surface area contributed by atoms with Crippen LogP contribution in [0.25, 0.3) is 5.69 Å². The molecule has 2 N–H and O–H groups in total. The molecule has 0 amide bonds. The second kappa shape index (κ2) is 6.70. The van der Waals surface area contributed by atoms with Crippen LogP contribution >= 0.6 is 23.7 Å². The van der Waals surface area contributed by atoms with Crippen molar-refractivity contribution in [2.24, 2.45) is 0 Å². The Morgan fingerprint density at radius 1 is 1.17 bits per heavy atom. The largest absolute Gasteiger partial charge is 0.375 e. The van der Waals surface area contributed by atoms with Gasteiger partial charge in [0.05, 0.1) is 11.9 Å². The first kappa shape index (κ1) is 16.0. The number of thiazole rings is 1. The number of hydrogen-bond donors (Lipinski definition) is 1. The number of para-hydroxylation sites is 1. The number of halogens is 1. The predicted molar refractivity (Wildman–Crippen MR) is 95.2 cm³/mol. The predicted octanol–water partition coefficient (Wildman–Crippen LogP) is 2.89. The number of nitrogens with two attached hydrogens (primary N) is 1. The molecule has 3 heterocycles. The number of nitrogens with zero attached hydrogens (tertiary/aromatic N) is 4. The zero-order chi connectivity index (χ0) is 14.9. The summed E-state index contributed by atoms with van der Waals surface area (Å²) in [5, 5.41) is 5.22. The Bertz CT molecular complexity index is 783. The van der Waals surface area contributed by atoms with E-state index >= 15 is 0 Å². The van der Waals surface area contributed by atoms with Crippen LogP contribution in [0.3, 0.4) is 0 Å². The third-order valence-corrected chi connectivity index (χ3v) is 4.78. The van der Waals surface area contributed by atoms with Gasteiger partial charge in [-0.3, -0.25) is 4.90 Å². The van der Waals surface area contributed by atoms with Gasteiger partial charge in [0.15, 0.2) is 5.13 Å². The first-order valence-corrected chi connectivity index (χ1v) is 8.15.